The molecule has 6 heteroatoms. The molecule has 1 atom stereocenters. The second-order valence-corrected chi connectivity index (χ2v) is 2.76. The Hall–Kier alpha value is -1.82. The van der Waals surface area contributed by atoms with Crippen molar-refractivity contribution in [1.29, 1.82) is 0 Å². The number of rotatable bonds is 2. The molecule has 0 spiro atoms. The summed E-state index contributed by atoms with van der Waals surface area (Å²) in [5.41, 5.74) is 10.2. The number of phenolic OH excluding ortho intramolecular Hbond substituents is 1. The van der Waals surface area contributed by atoms with Crippen LogP contribution in [0.3, 0.4) is 0 Å². The van der Waals surface area contributed by atoms with E-state index in [1.165, 1.54) is 0 Å². The van der Waals surface area contributed by atoms with Gasteiger partial charge in [0.05, 0.1) is 0 Å². The summed E-state index contributed by atoms with van der Waals surface area (Å²) in [7, 11) is 0. The van der Waals surface area contributed by atoms with Gasteiger partial charge in [-0.05, 0) is 6.07 Å². The van der Waals surface area contributed by atoms with Gasteiger partial charge in [0.15, 0.2) is 11.6 Å². The van der Waals surface area contributed by atoms with Crippen LogP contribution in [0.25, 0.3) is 0 Å². The summed E-state index contributed by atoms with van der Waals surface area (Å²) in [4.78, 5) is 10.5. The number of nitrogens with two attached hydrogens (primary N) is 2. The lowest BCUT2D eigenvalue weighted by molar-refractivity contribution is -0.138. The van der Waals surface area contributed by atoms with Gasteiger partial charge in [0.25, 0.3) is 0 Å². The lowest BCUT2D eigenvalue weighted by Crippen LogP contribution is -2.21. The number of hydrogen-bond acceptors (Lipinski definition) is 4. The molecule has 0 bridgehead atoms. The molecule has 76 valence electrons. The fraction of sp³-hybridized carbons (Fsp3) is 0.125. The van der Waals surface area contributed by atoms with Crippen LogP contribution >= 0.6 is 0 Å². The highest BCUT2D eigenvalue weighted by atomic mass is 19.1. The number of hydrogen-bond donors (Lipinski definition) is 4. The summed E-state index contributed by atoms with van der Waals surface area (Å²) >= 11 is 0. The van der Waals surface area contributed by atoms with Crippen LogP contribution in [0, 0.1) is 5.82 Å². The second-order valence-electron chi connectivity index (χ2n) is 2.76. The third kappa shape index (κ3) is 1.74. The SMILES string of the molecule is Nc1cc(F)c(O)c([C@H](N)C(=O)O)c1. The average Bonchev–Trinajstić information content (AvgIpc) is 2.09. The highest BCUT2D eigenvalue weighted by Crippen LogP contribution is 2.28. The number of anilines is 1. The molecule has 0 unspecified atom stereocenters. The zero-order valence-corrected chi connectivity index (χ0v) is 7.07. The molecule has 0 saturated carbocycles. The molecule has 14 heavy (non-hydrogen) atoms. The van der Waals surface area contributed by atoms with Gasteiger partial charge < -0.3 is 21.7 Å². The molecule has 0 aliphatic rings. The van der Waals surface area contributed by atoms with Gasteiger partial charge in [-0.1, -0.05) is 0 Å². The largest absolute Gasteiger partial charge is 0.505 e. The number of phenols is 1. The zero-order valence-electron chi connectivity index (χ0n) is 7.07. The smallest absolute Gasteiger partial charge is 0.325 e. The monoisotopic (exact) mass is 200 g/mol. The van der Waals surface area contributed by atoms with Crippen molar-refractivity contribution in [2.75, 3.05) is 5.73 Å². The minimum absolute atomic E-state index is 0.00648. The first kappa shape index (κ1) is 10.3. The van der Waals surface area contributed by atoms with E-state index in [0.717, 1.165) is 12.1 Å². The summed E-state index contributed by atoms with van der Waals surface area (Å²) in [6.45, 7) is 0. The number of aliphatic carboxylic acids is 1. The van der Waals surface area contributed by atoms with E-state index in [2.05, 4.69) is 0 Å². The summed E-state index contributed by atoms with van der Waals surface area (Å²) in [5, 5.41) is 17.7. The lowest BCUT2D eigenvalue weighted by atomic mass is 10.1. The van der Waals surface area contributed by atoms with E-state index in [1.807, 2.05) is 0 Å². The fourth-order valence-electron chi connectivity index (χ4n) is 1.01. The van der Waals surface area contributed by atoms with Crippen LogP contribution in [-0.4, -0.2) is 16.2 Å². The second kappa shape index (κ2) is 3.51. The van der Waals surface area contributed by atoms with Crippen molar-refractivity contribution < 1.29 is 19.4 Å². The minimum atomic E-state index is -1.49. The molecular weight excluding hydrogens is 191 g/mol. The van der Waals surface area contributed by atoms with E-state index in [4.69, 9.17) is 21.7 Å². The van der Waals surface area contributed by atoms with Crippen molar-refractivity contribution >= 4 is 11.7 Å². The Morgan fingerprint density at radius 3 is 2.57 bits per heavy atom. The van der Waals surface area contributed by atoms with E-state index in [0.29, 0.717) is 0 Å². The first-order chi connectivity index (χ1) is 6.43. The lowest BCUT2D eigenvalue weighted by Gasteiger charge is -2.10. The molecule has 1 rings (SSSR count). The molecule has 6 N–H and O–H groups in total. The third-order valence-corrected chi connectivity index (χ3v) is 1.72. The predicted molar refractivity (Wildman–Crippen MR) is 47.0 cm³/mol. The number of aromatic hydroxyl groups is 1. The number of nitrogen functional groups attached to an aromatic ring is 1. The van der Waals surface area contributed by atoms with Crippen LogP contribution in [0.15, 0.2) is 12.1 Å². The predicted octanol–water partition coefficient (Wildman–Crippen LogP) is 0.198. The van der Waals surface area contributed by atoms with E-state index in [1.54, 1.807) is 0 Å². The van der Waals surface area contributed by atoms with Crippen LogP contribution < -0.4 is 11.5 Å². The maximum Gasteiger partial charge on any atom is 0.325 e. The zero-order chi connectivity index (χ0) is 10.9. The Morgan fingerprint density at radius 1 is 1.50 bits per heavy atom. The number of halogens is 1. The van der Waals surface area contributed by atoms with Gasteiger partial charge >= 0.3 is 5.97 Å². The normalized spacial score (nSPS) is 12.4. The van der Waals surface area contributed by atoms with Gasteiger partial charge in [0, 0.05) is 17.3 Å². The number of carboxylic acid groups (broad SMARTS) is 1. The molecule has 0 heterocycles. The molecule has 1 aromatic rings. The van der Waals surface area contributed by atoms with Gasteiger partial charge in [-0.2, -0.15) is 0 Å². The molecule has 0 aliphatic carbocycles. The van der Waals surface area contributed by atoms with Crippen molar-refractivity contribution in [3.8, 4) is 5.75 Å². The van der Waals surface area contributed by atoms with Crippen molar-refractivity contribution in [3.63, 3.8) is 0 Å². The van der Waals surface area contributed by atoms with E-state index in [-0.39, 0.29) is 11.3 Å². The third-order valence-electron chi connectivity index (χ3n) is 1.72. The van der Waals surface area contributed by atoms with Crippen LogP contribution in [0.2, 0.25) is 0 Å². The van der Waals surface area contributed by atoms with E-state index in [9.17, 15) is 9.18 Å². The van der Waals surface area contributed by atoms with Gasteiger partial charge in [-0.15, -0.1) is 0 Å². The summed E-state index contributed by atoms with van der Waals surface area (Å²) in [5.74, 6) is -3.14. The van der Waals surface area contributed by atoms with Gasteiger partial charge in [0.2, 0.25) is 0 Å². The molecule has 0 fully saturated rings. The van der Waals surface area contributed by atoms with E-state index < -0.39 is 23.6 Å². The summed E-state index contributed by atoms with van der Waals surface area (Å²) in [6.07, 6.45) is 0. The molecular formula is C8H9FN2O3. The molecule has 0 aliphatic heterocycles. The Bertz CT molecular complexity index is 381. The number of carbonyl (C=O) groups is 1. The van der Waals surface area contributed by atoms with Crippen LogP contribution in [0.4, 0.5) is 10.1 Å². The maximum atomic E-state index is 12.9. The molecule has 0 aromatic heterocycles. The van der Waals surface area contributed by atoms with Gasteiger partial charge in [-0.25, -0.2) is 4.39 Å². The Balaban J connectivity index is 3.26. The first-order valence-corrected chi connectivity index (χ1v) is 3.69. The molecule has 0 amide bonds. The first-order valence-electron chi connectivity index (χ1n) is 3.69. The van der Waals surface area contributed by atoms with Gasteiger partial charge in [-0.3, -0.25) is 4.79 Å². The quantitative estimate of drug-likeness (QED) is 0.402. The topological polar surface area (TPSA) is 110 Å². The van der Waals surface area contributed by atoms with Gasteiger partial charge in [0.1, 0.15) is 6.04 Å². The molecule has 5 nitrogen and oxygen atoms in total. The molecule has 0 saturated heterocycles. The van der Waals surface area contributed by atoms with E-state index >= 15 is 0 Å². The Morgan fingerprint density at radius 2 is 2.07 bits per heavy atom. The van der Waals surface area contributed by atoms with Crippen LogP contribution in [-0.2, 0) is 4.79 Å². The Labute approximate surface area is 78.8 Å². The number of carboxylic acids is 1. The molecule has 1 aromatic carbocycles. The number of benzene rings is 1. The van der Waals surface area contributed by atoms with Crippen molar-refractivity contribution in [3.05, 3.63) is 23.5 Å². The maximum absolute atomic E-state index is 12.9. The fourth-order valence-corrected chi connectivity index (χ4v) is 1.01. The summed E-state index contributed by atoms with van der Waals surface area (Å²) < 4.78 is 12.9. The highest BCUT2D eigenvalue weighted by molar-refractivity contribution is 5.77. The molecule has 0 radical (unpaired) electrons. The standard InChI is InChI=1S/C8H9FN2O3/c9-5-2-3(10)1-4(7(5)12)6(11)8(13)14/h1-2,6,12H,10-11H2,(H,13,14)/t6-/m0/s1. The summed E-state index contributed by atoms with van der Waals surface area (Å²) in [6, 6.07) is 0.512. The Kier molecular flexibility index (Phi) is 2.57. The van der Waals surface area contributed by atoms with Crippen molar-refractivity contribution in [2.24, 2.45) is 5.73 Å². The average molecular weight is 200 g/mol. The van der Waals surface area contributed by atoms with Crippen LogP contribution in [0.5, 0.6) is 5.75 Å². The van der Waals surface area contributed by atoms with Crippen molar-refractivity contribution in [2.45, 2.75) is 6.04 Å². The van der Waals surface area contributed by atoms with Crippen LogP contribution in [0.1, 0.15) is 11.6 Å². The minimum Gasteiger partial charge on any atom is -0.505 e. The highest BCUT2D eigenvalue weighted by Gasteiger charge is 2.20. The van der Waals surface area contributed by atoms with Crippen molar-refractivity contribution in [1.82, 2.24) is 0 Å².